The number of carbonyl (C=O) groups is 1. The molecule has 0 unspecified atom stereocenters. The van der Waals surface area contributed by atoms with Gasteiger partial charge < -0.3 is 5.32 Å². The fraction of sp³-hybridized carbons (Fsp3) is 0.158. The number of anilines is 1. The van der Waals surface area contributed by atoms with E-state index in [1.54, 1.807) is 0 Å². The van der Waals surface area contributed by atoms with E-state index in [0.29, 0.717) is 5.56 Å². The minimum atomic E-state index is -0.129. The van der Waals surface area contributed by atoms with E-state index < -0.39 is 0 Å². The fourth-order valence-corrected chi connectivity index (χ4v) is 3.16. The van der Waals surface area contributed by atoms with Crippen LogP contribution in [0, 0.1) is 20.8 Å². The largest absolute Gasteiger partial charge is 0.321 e. The van der Waals surface area contributed by atoms with Gasteiger partial charge in [-0.3, -0.25) is 9.78 Å². The smallest absolute Gasteiger partial charge is 0.256 e. The second kappa shape index (κ2) is 6.13. The van der Waals surface area contributed by atoms with Crippen molar-refractivity contribution in [2.24, 2.45) is 0 Å². The van der Waals surface area contributed by atoms with E-state index in [1.165, 1.54) is 0 Å². The highest BCUT2D eigenvalue weighted by Gasteiger charge is 2.13. The van der Waals surface area contributed by atoms with Crippen molar-refractivity contribution in [2.45, 2.75) is 20.8 Å². The molecule has 4 heteroatoms. The number of halogens is 1. The lowest BCUT2D eigenvalue weighted by atomic mass is 10.0. The Balaban J connectivity index is 2.05. The van der Waals surface area contributed by atoms with Crippen LogP contribution in [0.1, 0.15) is 27.2 Å². The van der Waals surface area contributed by atoms with Crippen LogP contribution in [0.5, 0.6) is 0 Å². The van der Waals surface area contributed by atoms with Gasteiger partial charge in [-0.05, 0) is 72.6 Å². The predicted octanol–water partition coefficient (Wildman–Crippen LogP) is 5.17. The average Bonchev–Trinajstić information content (AvgIpc) is 2.49. The molecule has 1 heterocycles. The summed E-state index contributed by atoms with van der Waals surface area (Å²) >= 11 is 3.50. The molecule has 3 nitrogen and oxygen atoms in total. The van der Waals surface area contributed by atoms with Crippen molar-refractivity contribution in [2.75, 3.05) is 5.32 Å². The lowest BCUT2D eigenvalue weighted by Gasteiger charge is -2.11. The van der Waals surface area contributed by atoms with E-state index in [0.717, 1.165) is 37.9 Å². The zero-order chi connectivity index (χ0) is 16.6. The summed E-state index contributed by atoms with van der Waals surface area (Å²) in [4.78, 5) is 17.3. The highest BCUT2D eigenvalue weighted by molar-refractivity contribution is 9.10. The highest BCUT2D eigenvalue weighted by atomic mass is 79.9. The summed E-state index contributed by atoms with van der Waals surface area (Å²) in [6.07, 6.45) is 0. The second-order valence-electron chi connectivity index (χ2n) is 5.77. The van der Waals surface area contributed by atoms with Crippen LogP contribution in [0.15, 0.2) is 46.9 Å². The van der Waals surface area contributed by atoms with Gasteiger partial charge in [0.15, 0.2) is 0 Å². The summed E-state index contributed by atoms with van der Waals surface area (Å²) in [5, 5.41) is 3.85. The Morgan fingerprint density at radius 1 is 1.00 bits per heavy atom. The van der Waals surface area contributed by atoms with Gasteiger partial charge >= 0.3 is 0 Å². The van der Waals surface area contributed by atoms with Crippen LogP contribution in [-0.2, 0) is 0 Å². The third-order valence-electron chi connectivity index (χ3n) is 3.71. The summed E-state index contributed by atoms with van der Waals surface area (Å²) in [7, 11) is 0. The molecule has 23 heavy (non-hydrogen) atoms. The quantitative estimate of drug-likeness (QED) is 0.677. The number of amides is 1. The Labute approximate surface area is 143 Å². The van der Waals surface area contributed by atoms with Crippen LogP contribution in [-0.4, -0.2) is 10.9 Å². The first-order chi connectivity index (χ1) is 10.9. The van der Waals surface area contributed by atoms with Crippen LogP contribution >= 0.6 is 15.9 Å². The molecule has 116 valence electrons. The van der Waals surface area contributed by atoms with Gasteiger partial charge in [-0.1, -0.05) is 17.7 Å². The predicted molar refractivity (Wildman–Crippen MR) is 98.0 cm³/mol. The standard InChI is InChI=1S/C19H17BrN2O/c1-11-4-6-17-14(8-11)15(10-13(3)21-17)19(23)22-18-7-5-12(2)9-16(18)20/h4-10H,1-3H3,(H,22,23). The third kappa shape index (κ3) is 3.27. The normalized spacial score (nSPS) is 10.8. The SMILES string of the molecule is Cc1ccc(NC(=O)c2cc(C)nc3ccc(C)cc23)c(Br)c1. The van der Waals surface area contributed by atoms with Crippen LogP contribution in [0.4, 0.5) is 5.69 Å². The fourth-order valence-electron chi connectivity index (χ4n) is 2.57. The van der Waals surface area contributed by atoms with Crippen molar-refractivity contribution in [3.05, 3.63) is 69.3 Å². The number of rotatable bonds is 2. The molecule has 1 aromatic heterocycles. The summed E-state index contributed by atoms with van der Waals surface area (Å²) in [6, 6.07) is 13.7. The minimum Gasteiger partial charge on any atom is -0.321 e. The molecule has 0 aliphatic heterocycles. The Morgan fingerprint density at radius 2 is 1.70 bits per heavy atom. The molecule has 2 aromatic carbocycles. The van der Waals surface area contributed by atoms with Crippen molar-refractivity contribution in [3.63, 3.8) is 0 Å². The molecular formula is C19H17BrN2O. The van der Waals surface area contributed by atoms with Crippen LogP contribution in [0.2, 0.25) is 0 Å². The minimum absolute atomic E-state index is 0.129. The Kier molecular flexibility index (Phi) is 4.18. The molecule has 0 spiro atoms. The van der Waals surface area contributed by atoms with Crippen LogP contribution < -0.4 is 5.32 Å². The van der Waals surface area contributed by atoms with E-state index in [9.17, 15) is 4.79 Å². The van der Waals surface area contributed by atoms with Crippen LogP contribution in [0.25, 0.3) is 10.9 Å². The van der Waals surface area contributed by atoms with E-state index in [2.05, 4.69) is 26.2 Å². The number of aromatic nitrogens is 1. The van der Waals surface area contributed by atoms with Crippen molar-refractivity contribution in [3.8, 4) is 0 Å². The molecule has 3 rings (SSSR count). The first-order valence-electron chi connectivity index (χ1n) is 7.39. The maximum absolute atomic E-state index is 12.8. The monoisotopic (exact) mass is 368 g/mol. The average molecular weight is 369 g/mol. The third-order valence-corrected chi connectivity index (χ3v) is 4.37. The van der Waals surface area contributed by atoms with E-state index >= 15 is 0 Å². The maximum Gasteiger partial charge on any atom is 0.256 e. The molecule has 0 fully saturated rings. The molecule has 1 N–H and O–H groups in total. The summed E-state index contributed by atoms with van der Waals surface area (Å²) in [5.41, 5.74) is 5.31. The molecule has 0 aliphatic carbocycles. The van der Waals surface area contributed by atoms with E-state index in [1.807, 2.05) is 63.2 Å². The van der Waals surface area contributed by atoms with Gasteiger partial charge in [0.1, 0.15) is 0 Å². The Hall–Kier alpha value is -2.20. The lowest BCUT2D eigenvalue weighted by Crippen LogP contribution is -2.13. The van der Waals surface area contributed by atoms with Gasteiger partial charge in [-0.15, -0.1) is 0 Å². The molecule has 0 aliphatic rings. The molecular weight excluding hydrogens is 352 g/mol. The molecule has 0 radical (unpaired) electrons. The van der Waals surface area contributed by atoms with E-state index in [4.69, 9.17) is 0 Å². The van der Waals surface area contributed by atoms with Gasteiger partial charge in [-0.25, -0.2) is 0 Å². The van der Waals surface area contributed by atoms with Gasteiger partial charge in [0.05, 0.1) is 16.8 Å². The number of nitrogens with one attached hydrogen (secondary N) is 1. The van der Waals surface area contributed by atoms with Gasteiger partial charge in [0.25, 0.3) is 5.91 Å². The van der Waals surface area contributed by atoms with Crippen molar-refractivity contribution < 1.29 is 4.79 Å². The maximum atomic E-state index is 12.8. The summed E-state index contributed by atoms with van der Waals surface area (Å²) < 4.78 is 0.872. The zero-order valence-corrected chi connectivity index (χ0v) is 14.9. The topological polar surface area (TPSA) is 42.0 Å². The Morgan fingerprint density at radius 3 is 2.43 bits per heavy atom. The zero-order valence-electron chi connectivity index (χ0n) is 13.3. The van der Waals surface area contributed by atoms with Crippen molar-refractivity contribution in [1.29, 1.82) is 0 Å². The van der Waals surface area contributed by atoms with Gasteiger partial charge in [-0.2, -0.15) is 0 Å². The lowest BCUT2D eigenvalue weighted by molar-refractivity contribution is 0.102. The molecule has 0 atom stereocenters. The summed E-state index contributed by atoms with van der Waals surface area (Å²) in [5.74, 6) is -0.129. The molecule has 0 saturated heterocycles. The first-order valence-corrected chi connectivity index (χ1v) is 8.19. The molecule has 3 aromatic rings. The van der Waals surface area contributed by atoms with Crippen LogP contribution in [0.3, 0.4) is 0 Å². The van der Waals surface area contributed by atoms with Crippen molar-refractivity contribution in [1.82, 2.24) is 4.98 Å². The number of aryl methyl sites for hydroxylation is 3. The number of pyridine rings is 1. The van der Waals surface area contributed by atoms with E-state index in [-0.39, 0.29) is 5.91 Å². The number of benzene rings is 2. The highest BCUT2D eigenvalue weighted by Crippen LogP contribution is 2.26. The molecule has 1 amide bonds. The number of nitrogens with zero attached hydrogens (tertiary/aromatic N) is 1. The number of hydrogen-bond donors (Lipinski definition) is 1. The van der Waals surface area contributed by atoms with Gasteiger partial charge in [0.2, 0.25) is 0 Å². The number of fused-ring (bicyclic) bond motifs is 1. The second-order valence-corrected chi connectivity index (χ2v) is 6.62. The Bertz CT molecular complexity index is 919. The summed E-state index contributed by atoms with van der Waals surface area (Å²) in [6.45, 7) is 5.92. The van der Waals surface area contributed by atoms with Crippen molar-refractivity contribution >= 4 is 38.4 Å². The van der Waals surface area contributed by atoms with Gasteiger partial charge in [0, 0.05) is 15.6 Å². The first kappa shape index (κ1) is 15.7. The number of hydrogen-bond acceptors (Lipinski definition) is 2. The number of carbonyl (C=O) groups excluding carboxylic acids is 1. The molecule has 0 bridgehead atoms. The molecule has 0 saturated carbocycles.